The molecule has 0 aliphatic carbocycles. The van der Waals surface area contributed by atoms with E-state index < -0.39 is 5.97 Å². The van der Waals surface area contributed by atoms with Gasteiger partial charge in [0.15, 0.2) is 5.69 Å². The van der Waals surface area contributed by atoms with Crippen LogP contribution in [0.4, 0.5) is 4.79 Å². The van der Waals surface area contributed by atoms with E-state index in [0.717, 1.165) is 31.2 Å². The number of urea groups is 1. The summed E-state index contributed by atoms with van der Waals surface area (Å²) >= 11 is 1.61. The Balaban J connectivity index is 1.81. The number of thiophene rings is 1. The lowest BCUT2D eigenvalue weighted by molar-refractivity contribution is -0.0346. The third-order valence-corrected chi connectivity index (χ3v) is 7.22. The zero-order valence-corrected chi connectivity index (χ0v) is 22.8. The van der Waals surface area contributed by atoms with Gasteiger partial charge in [-0.15, -0.1) is 0 Å². The van der Waals surface area contributed by atoms with Gasteiger partial charge in [0, 0.05) is 39.3 Å². The molecule has 3 heterocycles. The quantitative estimate of drug-likeness (QED) is 0.450. The minimum Gasteiger partial charge on any atom is -0.477 e. The van der Waals surface area contributed by atoms with E-state index in [2.05, 4.69) is 22.6 Å². The number of hydrogen-bond donors (Lipinski definition) is 2. The molecule has 3 rings (SSSR count). The first kappa shape index (κ1) is 28.4. The molecule has 1 fully saturated rings. The number of aromatic carboxylic acids is 1. The molecule has 1 aliphatic rings. The van der Waals surface area contributed by atoms with E-state index in [1.165, 1.54) is 6.07 Å². The van der Waals surface area contributed by atoms with E-state index in [1.807, 2.05) is 21.4 Å². The molecule has 202 valence electrons. The van der Waals surface area contributed by atoms with Crippen LogP contribution in [-0.2, 0) is 6.54 Å². The second-order valence-electron chi connectivity index (χ2n) is 9.02. The molecule has 0 spiro atoms. The third-order valence-electron chi connectivity index (χ3n) is 6.49. The van der Waals surface area contributed by atoms with Crippen molar-refractivity contribution in [2.75, 3.05) is 33.3 Å². The van der Waals surface area contributed by atoms with Gasteiger partial charge in [-0.05, 0) is 67.1 Å². The highest BCUT2D eigenvalue weighted by molar-refractivity contribution is 7.07. The molecule has 11 heteroatoms. The normalized spacial score (nSPS) is 14.3. The minimum absolute atomic E-state index is 0.0443. The molecule has 0 unspecified atom stereocenters. The minimum atomic E-state index is -1.17. The molecule has 0 radical (unpaired) electrons. The number of piperidine rings is 1. The van der Waals surface area contributed by atoms with Gasteiger partial charge in [-0.25, -0.2) is 19.6 Å². The van der Waals surface area contributed by atoms with Crippen molar-refractivity contribution < 1.29 is 24.2 Å². The summed E-state index contributed by atoms with van der Waals surface area (Å²) in [6, 6.07) is 3.39. The number of aryl methyl sites for hydroxylation is 1. The number of carbonyl (C=O) groups is 3. The number of amides is 3. The summed E-state index contributed by atoms with van der Waals surface area (Å²) in [5.74, 6) is -1.38. The lowest BCUT2D eigenvalue weighted by Crippen LogP contribution is -2.55. The summed E-state index contributed by atoms with van der Waals surface area (Å²) in [5, 5.41) is 20.0. The molecule has 2 aromatic heterocycles. The van der Waals surface area contributed by atoms with E-state index in [0.29, 0.717) is 31.7 Å². The second-order valence-corrected chi connectivity index (χ2v) is 9.80. The van der Waals surface area contributed by atoms with Crippen molar-refractivity contribution in [1.29, 1.82) is 0 Å². The van der Waals surface area contributed by atoms with Crippen LogP contribution in [0.5, 0.6) is 5.88 Å². The number of rotatable bonds is 11. The van der Waals surface area contributed by atoms with Crippen molar-refractivity contribution in [3.05, 3.63) is 45.3 Å². The first-order valence-electron chi connectivity index (χ1n) is 12.7. The van der Waals surface area contributed by atoms with E-state index in [1.54, 1.807) is 37.2 Å². The lowest BCUT2D eigenvalue weighted by atomic mass is 10.0. The first-order valence-corrected chi connectivity index (χ1v) is 13.7. The van der Waals surface area contributed by atoms with Gasteiger partial charge >= 0.3 is 12.0 Å². The van der Waals surface area contributed by atoms with Gasteiger partial charge in [-0.2, -0.15) is 11.3 Å². The number of nitrogens with zero attached hydrogens (tertiary/aromatic N) is 4. The van der Waals surface area contributed by atoms with E-state index >= 15 is 0 Å². The van der Waals surface area contributed by atoms with Crippen LogP contribution in [0.3, 0.4) is 0 Å². The molecule has 3 amide bonds. The van der Waals surface area contributed by atoms with Gasteiger partial charge in [0.2, 0.25) is 5.88 Å². The number of carbonyl (C=O) groups excluding carboxylic acids is 2. The second kappa shape index (κ2) is 13.4. The Kier molecular flexibility index (Phi) is 10.3. The predicted molar refractivity (Wildman–Crippen MR) is 142 cm³/mol. The Hall–Kier alpha value is -3.18. The van der Waals surface area contributed by atoms with Crippen LogP contribution in [-0.4, -0.2) is 82.2 Å². The summed E-state index contributed by atoms with van der Waals surface area (Å²) in [6.07, 6.45) is 3.18. The molecule has 0 aromatic carbocycles. The van der Waals surface area contributed by atoms with Crippen LogP contribution >= 0.6 is 11.3 Å². The summed E-state index contributed by atoms with van der Waals surface area (Å²) in [5.41, 5.74) is 1.75. The maximum atomic E-state index is 13.9. The van der Waals surface area contributed by atoms with E-state index in [4.69, 9.17) is 4.74 Å². The van der Waals surface area contributed by atoms with Crippen molar-refractivity contribution in [3.63, 3.8) is 0 Å². The molecule has 10 nitrogen and oxygen atoms in total. The Morgan fingerprint density at radius 3 is 2.57 bits per heavy atom. The van der Waals surface area contributed by atoms with E-state index in [-0.39, 0.29) is 41.7 Å². The fraction of sp³-hybridized carbons (Fsp3) is 0.538. The van der Waals surface area contributed by atoms with Crippen LogP contribution in [0.2, 0.25) is 0 Å². The summed E-state index contributed by atoms with van der Waals surface area (Å²) in [7, 11) is 1.64. The standard InChI is InChI=1S/C26H37N5O5S/c1-5-7-11-31(24(32)22-18(3)15-21(25(33)34)28-23(22)36-6-2)29-12-8-20(9-13-29)30(26(35)27-4)16-19-10-14-37-17-19/h10,14-15,17,20H,5-9,11-13,16H2,1-4H3,(H,27,35)(H,33,34). The molecule has 0 atom stereocenters. The molecular formula is C26H37N5O5S. The van der Waals surface area contributed by atoms with Gasteiger partial charge in [0.05, 0.1) is 6.61 Å². The molecule has 37 heavy (non-hydrogen) atoms. The highest BCUT2D eigenvalue weighted by atomic mass is 32.1. The zero-order chi connectivity index (χ0) is 26.9. The van der Waals surface area contributed by atoms with Gasteiger partial charge < -0.3 is 20.1 Å². The van der Waals surface area contributed by atoms with Gasteiger partial charge in [-0.3, -0.25) is 9.80 Å². The number of pyridine rings is 1. The van der Waals surface area contributed by atoms with Crippen molar-refractivity contribution in [3.8, 4) is 5.88 Å². The number of carboxylic acid groups (broad SMARTS) is 1. The van der Waals surface area contributed by atoms with Crippen molar-refractivity contribution in [2.45, 2.75) is 59.0 Å². The Labute approximate surface area is 222 Å². The monoisotopic (exact) mass is 531 g/mol. The highest BCUT2D eigenvalue weighted by Crippen LogP contribution is 2.27. The van der Waals surface area contributed by atoms with Crippen LogP contribution < -0.4 is 10.1 Å². The number of ether oxygens (including phenoxy) is 1. The van der Waals surface area contributed by atoms with Gasteiger partial charge in [0.1, 0.15) is 5.56 Å². The zero-order valence-electron chi connectivity index (χ0n) is 22.0. The number of unbranched alkanes of at least 4 members (excludes halogenated alkanes) is 1. The predicted octanol–water partition coefficient (Wildman–Crippen LogP) is 4.01. The molecule has 2 N–H and O–H groups in total. The Morgan fingerprint density at radius 1 is 1.27 bits per heavy atom. The molecule has 2 aromatic rings. The van der Waals surface area contributed by atoms with E-state index in [9.17, 15) is 19.5 Å². The Bertz CT molecular complexity index is 1070. The van der Waals surface area contributed by atoms with Crippen LogP contribution in [0.1, 0.15) is 71.5 Å². The van der Waals surface area contributed by atoms with Gasteiger partial charge in [-0.1, -0.05) is 13.3 Å². The number of nitrogens with one attached hydrogen (secondary N) is 1. The number of carboxylic acids is 1. The fourth-order valence-electron chi connectivity index (χ4n) is 4.56. The van der Waals surface area contributed by atoms with Crippen LogP contribution in [0, 0.1) is 6.92 Å². The lowest BCUT2D eigenvalue weighted by Gasteiger charge is -2.43. The number of aromatic nitrogens is 1. The molecule has 0 bridgehead atoms. The molecule has 1 saturated heterocycles. The highest BCUT2D eigenvalue weighted by Gasteiger charge is 2.33. The number of hydrazine groups is 1. The van der Waals surface area contributed by atoms with Crippen LogP contribution in [0.25, 0.3) is 0 Å². The molecular weight excluding hydrogens is 494 g/mol. The largest absolute Gasteiger partial charge is 0.477 e. The molecule has 0 saturated carbocycles. The van der Waals surface area contributed by atoms with Crippen LogP contribution in [0.15, 0.2) is 22.9 Å². The average Bonchev–Trinajstić information content (AvgIpc) is 3.40. The summed E-state index contributed by atoms with van der Waals surface area (Å²) in [4.78, 5) is 44.1. The first-order chi connectivity index (χ1) is 17.8. The van der Waals surface area contributed by atoms with Crippen molar-refractivity contribution in [2.24, 2.45) is 0 Å². The fourth-order valence-corrected chi connectivity index (χ4v) is 5.22. The van der Waals surface area contributed by atoms with Crippen molar-refractivity contribution >= 4 is 29.2 Å². The van der Waals surface area contributed by atoms with Crippen molar-refractivity contribution in [1.82, 2.24) is 25.2 Å². The maximum Gasteiger partial charge on any atom is 0.354 e. The summed E-state index contributed by atoms with van der Waals surface area (Å²) < 4.78 is 5.62. The number of hydrogen-bond acceptors (Lipinski definition) is 7. The molecule has 1 aliphatic heterocycles. The van der Waals surface area contributed by atoms with Gasteiger partial charge in [0.25, 0.3) is 5.91 Å². The summed E-state index contributed by atoms with van der Waals surface area (Å²) in [6.45, 7) is 8.11. The maximum absolute atomic E-state index is 13.9. The smallest absolute Gasteiger partial charge is 0.354 e. The third kappa shape index (κ3) is 6.98. The topological polar surface area (TPSA) is 115 Å². The average molecular weight is 532 g/mol. The SMILES string of the molecule is CCCCN(C(=O)c1c(C)cc(C(=O)O)nc1OCC)N1CCC(N(Cc2ccsc2)C(=O)NC)CC1. The Morgan fingerprint density at radius 2 is 2.00 bits per heavy atom.